The number of thiophene rings is 1. The van der Waals surface area contributed by atoms with Crippen molar-refractivity contribution in [2.24, 2.45) is 0 Å². The van der Waals surface area contributed by atoms with Crippen LogP contribution in [0.3, 0.4) is 0 Å². The summed E-state index contributed by atoms with van der Waals surface area (Å²) in [5.41, 5.74) is 2.17. The van der Waals surface area contributed by atoms with Crippen LogP contribution in [0.15, 0.2) is 53.8 Å². The SMILES string of the molecule is O=C(CSc1ncnc2sc3c(c12)CCC3)c1ccc2ccccc2c1. The van der Waals surface area contributed by atoms with Gasteiger partial charge in [0.25, 0.3) is 0 Å². The highest BCUT2D eigenvalue weighted by molar-refractivity contribution is 8.00. The molecule has 0 fully saturated rings. The molecule has 2 heterocycles. The number of hydrogen-bond donors (Lipinski definition) is 0. The lowest BCUT2D eigenvalue weighted by Gasteiger charge is -2.05. The van der Waals surface area contributed by atoms with E-state index in [0.29, 0.717) is 5.75 Å². The molecule has 0 aliphatic heterocycles. The second-order valence-corrected chi connectivity index (χ2v) is 8.54. The highest BCUT2D eigenvalue weighted by atomic mass is 32.2. The molecule has 0 spiro atoms. The summed E-state index contributed by atoms with van der Waals surface area (Å²) in [5.74, 6) is 0.536. The second-order valence-electron chi connectivity index (χ2n) is 6.49. The zero-order valence-corrected chi connectivity index (χ0v) is 15.7. The van der Waals surface area contributed by atoms with Crippen LogP contribution in [0.1, 0.15) is 27.2 Å². The Kier molecular flexibility index (Phi) is 3.98. The van der Waals surface area contributed by atoms with Gasteiger partial charge in [0.2, 0.25) is 0 Å². The van der Waals surface area contributed by atoms with E-state index in [0.717, 1.165) is 39.0 Å². The number of hydrogen-bond acceptors (Lipinski definition) is 5. The van der Waals surface area contributed by atoms with Crippen molar-refractivity contribution in [2.45, 2.75) is 24.3 Å². The summed E-state index contributed by atoms with van der Waals surface area (Å²) in [7, 11) is 0. The largest absolute Gasteiger partial charge is 0.293 e. The molecule has 0 amide bonds. The molecule has 3 nitrogen and oxygen atoms in total. The van der Waals surface area contributed by atoms with Gasteiger partial charge in [-0.1, -0.05) is 48.2 Å². The van der Waals surface area contributed by atoms with E-state index >= 15 is 0 Å². The summed E-state index contributed by atoms with van der Waals surface area (Å²) in [5, 5.41) is 4.39. The standard InChI is InChI=1S/C21H16N2OS2/c24-17(15-9-8-13-4-1-2-5-14(13)10-15)11-25-20-19-16-6-3-7-18(16)26-21(19)23-12-22-20/h1-2,4-5,8-10,12H,3,6-7,11H2. The van der Waals surface area contributed by atoms with E-state index in [-0.39, 0.29) is 5.78 Å². The van der Waals surface area contributed by atoms with Crippen LogP contribution < -0.4 is 0 Å². The number of aryl methyl sites for hydroxylation is 2. The maximum Gasteiger partial charge on any atom is 0.173 e. The Hall–Kier alpha value is -2.24. The van der Waals surface area contributed by atoms with Crippen LogP contribution in [0.2, 0.25) is 0 Å². The second kappa shape index (κ2) is 6.49. The number of benzene rings is 2. The summed E-state index contributed by atoms with van der Waals surface area (Å²) in [6.07, 6.45) is 5.09. The van der Waals surface area contributed by atoms with Crippen molar-refractivity contribution in [2.75, 3.05) is 5.75 Å². The van der Waals surface area contributed by atoms with Gasteiger partial charge in [-0.05, 0) is 41.7 Å². The zero-order chi connectivity index (χ0) is 17.5. The number of rotatable bonds is 4. The molecule has 0 saturated carbocycles. The number of carbonyl (C=O) groups excluding carboxylic acids is 1. The maximum absolute atomic E-state index is 12.7. The molecule has 5 rings (SSSR count). The van der Waals surface area contributed by atoms with Crippen LogP contribution in [0, 0.1) is 0 Å². The average molecular weight is 377 g/mol. The van der Waals surface area contributed by atoms with E-state index < -0.39 is 0 Å². The lowest BCUT2D eigenvalue weighted by atomic mass is 10.1. The molecule has 0 radical (unpaired) electrons. The van der Waals surface area contributed by atoms with Crippen molar-refractivity contribution in [3.63, 3.8) is 0 Å². The molecule has 2 aromatic heterocycles. The third-order valence-electron chi connectivity index (χ3n) is 4.88. The van der Waals surface area contributed by atoms with Crippen molar-refractivity contribution < 1.29 is 4.79 Å². The van der Waals surface area contributed by atoms with Crippen molar-refractivity contribution in [3.05, 3.63) is 64.8 Å². The highest BCUT2D eigenvalue weighted by Crippen LogP contribution is 2.40. The van der Waals surface area contributed by atoms with E-state index in [1.54, 1.807) is 17.7 Å². The Morgan fingerprint density at radius 2 is 1.96 bits per heavy atom. The van der Waals surface area contributed by atoms with E-state index in [9.17, 15) is 4.79 Å². The van der Waals surface area contributed by atoms with Gasteiger partial charge in [-0.25, -0.2) is 9.97 Å². The van der Waals surface area contributed by atoms with E-state index in [1.807, 2.05) is 36.4 Å². The van der Waals surface area contributed by atoms with Crippen LogP contribution >= 0.6 is 23.1 Å². The van der Waals surface area contributed by atoms with Crippen molar-refractivity contribution in [3.8, 4) is 0 Å². The third-order valence-corrected chi connectivity index (χ3v) is 7.07. The Morgan fingerprint density at radius 1 is 1.08 bits per heavy atom. The Morgan fingerprint density at radius 3 is 2.88 bits per heavy atom. The van der Waals surface area contributed by atoms with Gasteiger partial charge in [0.15, 0.2) is 5.78 Å². The predicted molar refractivity (Wildman–Crippen MR) is 108 cm³/mol. The molecule has 5 heteroatoms. The van der Waals surface area contributed by atoms with Crippen molar-refractivity contribution in [1.29, 1.82) is 0 Å². The van der Waals surface area contributed by atoms with Gasteiger partial charge in [0, 0.05) is 15.8 Å². The first-order chi connectivity index (χ1) is 12.8. The van der Waals surface area contributed by atoms with E-state index in [4.69, 9.17) is 0 Å². The number of fused-ring (bicyclic) bond motifs is 4. The first kappa shape index (κ1) is 16.0. The smallest absolute Gasteiger partial charge is 0.173 e. The minimum Gasteiger partial charge on any atom is -0.293 e. The number of Topliss-reactive ketones (excluding diaryl/α,β-unsaturated/α-hetero) is 1. The predicted octanol–water partition coefficient (Wildman–Crippen LogP) is 5.31. The van der Waals surface area contributed by atoms with Gasteiger partial charge >= 0.3 is 0 Å². The van der Waals surface area contributed by atoms with Gasteiger partial charge in [0.1, 0.15) is 16.2 Å². The quantitative estimate of drug-likeness (QED) is 0.275. The van der Waals surface area contributed by atoms with Gasteiger partial charge < -0.3 is 0 Å². The lowest BCUT2D eigenvalue weighted by Crippen LogP contribution is -2.03. The number of nitrogens with zero attached hydrogens (tertiary/aromatic N) is 2. The molecule has 0 bridgehead atoms. The summed E-state index contributed by atoms with van der Waals surface area (Å²) >= 11 is 3.32. The van der Waals surface area contributed by atoms with Crippen molar-refractivity contribution in [1.82, 2.24) is 9.97 Å². The normalized spacial score (nSPS) is 13.4. The minimum absolute atomic E-state index is 0.138. The number of carbonyl (C=O) groups is 1. The molecule has 0 N–H and O–H groups in total. The number of aromatic nitrogens is 2. The van der Waals surface area contributed by atoms with Gasteiger partial charge in [0.05, 0.1) is 5.75 Å². The van der Waals surface area contributed by atoms with Crippen LogP contribution in [-0.2, 0) is 12.8 Å². The molecule has 0 saturated heterocycles. The first-order valence-electron chi connectivity index (χ1n) is 8.69. The molecule has 1 aliphatic rings. The Balaban J connectivity index is 1.42. The lowest BCUT2D eigenvalue weighted by molar-refractivity contribution is 0.102. The number of ketones is 1. The van der Waals surface area contributed by atoms with Gasteiger partial charge in [-0.15, -0.1) is 11.3 Å². The summed E-state index contributed by atoms with van der Waals surface area (Å²) < 4.78 is 0. The first-order valence-corrected chi connectivity index (χ1v) is 10.5. The highest BCUT2D eigenvalue weighted by Gasteiger charge is 2.21. The van der Waals surface area contributed by atoms with E-state index in [1.165, 1.54) is 34.0 Å². The summed E-state index contributed by atoms with van der Waals surface area (Å²) in [6, 6.07) is 14.0. The molecular formula is C21H16N2OS2. The zero-order valence-electron chi connectivity index (χ0n) is 14.1. The minimum atomic E-state index is 0.138. The molecule has 0 unspecified atom stereocenters. The van der Waals surface area contributed by atoms with Crippen LogP contribution in [-0.4, -0.2) is 21.5 Å². The van der Waals surface area contributed by atoms with Crippen molar-refractivity contribution >= 4 is 49.9 Å². The summed E-state index contributed by atoms with van der Waals surface area (Å²) in [4.78, 5) is 24.1. The monoisotopic (exact) mass is 376 g/mol. The molecule has 2 aromatic carbocycles. The van der Waals surface area contributed by atoms with Crippen LogP contribution in [0.25, 0.3) is 21.0 Å². The average Bonchev–Trinajstić information content (AvgIpc) is 3.26. The third kappa shape index (κ3) is 2.72. The molecule has 4 aromatic rings. The fraction of sp³-hybridized carbons (Fsp3) is 0.190. The summed E-state index contributed by atoms with van der Waals surface area (Å²) in [6.45, 7) is 0. The van der Waals surface area contributed by atoms with Crippen LogP contribution in [0.4, 0.5) is 0 Å². The van der Waals surface area contributed by atoms with Gasteiger partial charge in [-0.3, -0.25) is 4.79 Å². The molecule has 1 aliphatic carbocycles. The topological polar surface area (TPSA) is 42.9 Å². The molecule has 128 valence electrons. The number of thioether (sulfide) groups is 1. The van der Waals surface area contributed by atoms with Gasteiger partial charge in [-0.2, -0.15) is 0 Å². The molecular weight excluding hydrogens is 360 g/mol. The van der Waals surface area contributed by atoms with Crippen LogP contribution in [0.5, 0.6) is 0 Å². The molecule has 0 atom stereocenters. The maximum atomic E-state index is 12.7. The van der Waals surface area contributed by atoms with E-state index in [2.05, 4.69) is 16.0 Å². The fourth-order valence-electron chi connectivity index (χ4n) is 3.59. The molecule has 26 heavy (non-hydrogen) atoms. The fourth-order valence-corrected chi connectivity index (χ4v) is 5.80. The Bertz CT molecular complexity index is 1150. The Labute approximate surface area is 159 Å².